The molecule has 2 fully saturated rings. The topological polar surface area (TPSA) is 88.2 Å². The molecule has 8 nitrogen and oxygen atoms in total. The molecule has 1 unspecified atom stereocenters. The Morgan fingerprint density at radius 2 is 1.85 bits per heavy atom. The SMILES string of the molecule is [2H]c1cc2c(c(OCc3ccc(CN4CCOCC4)cc3)c1[2H])CN(C1CCC(=O)NC1=O)C2=O. The van der Waals surface area contributed by atoms with Crippen LogP contribution in [0.25, 0.3) is 0 Å². The number of rotatable bonds is 6. The van der Waals surface area contributed by atoms with Gasteiger partial charge in [-0.15, -0.1) is 0 Å². The minimum Gasteiger partial charge on any atom is -0.489 e. The second kappa shape index (κ2) is 9.33. The van der Waals surface area contributed by atoms with Gasteiger partial charge in [-0.05, 0) is 29.7 Å². The molecule has 1 N–H and O–H groups in total. The van der Waals surface area contributed by atoms with Crippen LogP contribution in [0.4, 0.5) is 0 Å². The van der Waals surface area contributed by atoms with Crippen LogP contribution in [0.2, 0.25) is 0 Å². The fourth-order valence-corrected chi connectivity index (χ4v) is 4.47. The summed E-state index contributed by atoms with van der Waals surface area (Å²) in [4.78, 5) is 40.6. The molecule has 3 amide bonds. The molecule has 0 saturated carbocycles. The number of morpholine rings is 1. The zero-order valence-electron chi connectivity index (χ0n) is 20.3. The average molecular weight is 452 g/mol. The summed E-state index contributed by atoms with van der Waals surface area (Å²) in [7, 11) is 0. The van der Waals surface area contributed by atoms with E-state index in [9.17, 15) is 14.4 Å². The number of carbonyl (C=O) groups excluding carboxylic acids is 3. The Labute approximate surface area is 195 Å². The zero-order chi connectivity index (χ0) is 24.5. The first-order valence-corrected chi connectivity index (χ1v) is 11.2. The molecule has 8 heteroatoms. The van der Waals surface area contributed by atoms with Gasteiger partial charge in [0.05, 0.1) is 22.5 Å². The van der Waals surface area contributed by atoms with Crippen molar-refractivity contribution in [2.24, 2.45) is 0 Å². The summed E-state index contributed by atoms with van der Waals surface area (Å²) < 4.78 is 27.9. The molecule has 33 heavy (non-hydrogen) atoms. The maximum atomic E-state index is 13.1. The van der Waals surface area contributed by atoms with E-state index in [0.29, 0.717) is 5.56 Å². The van der Waals surface area contributed by atoms with E-state index in [-0.39, 0.29) is 61.2 Å². The Hall–Kier alpha value is -3.23. The first-order valence-electron chi connectivity index (χ1n) is 12.2. The summed E-state index contributed by atoms with van der Waals surface area (Å²) in [6.07, 6.45) is 0.410. The lowest BCUT2D eigenvalue weighted by Gasteiger charge is -2.29. The number of amides is 3. The van der Waals surface area contributed by atoms with E-state index < -0.39 is 11.9 Å². The molecule has 0 bridgehead atoms. The van der Waals surface area contributed by atoms with Crippen molar-refractivity contribution in [2.75, 3.05) is 26.3 Å². The molecular formula is C25H27N3O5. The van der Waals surface area contributed by atoms with Crippen molar-refractivity contribution in [3.05, 3.63) is 64.7 Å². The van der Waals surface area contributed by atoms with Crippen LogP contribution in [0.3, 0.4) is 0 Å². The molecular weight excluding hydrogens is 422 g/mol. The molecule has 2 aromatic rings. The van der Waals surface area contributed by atoms with E-state index in [1.54, 1.807) is 0 Å². The molecule has 0 radical (unpaired) electrons. The van der Waals surface area contributed by atoms with E-state index >= 15 is 0 Å². The maximum Gasteiger partial charge on any atom is 0.255 e. The highest BCUT2D eigenvalue weighted by molar-refractivity contribution is 6.05. The number of hydrogen-bond acceptors (Lipinski definition) is 6. The van der Waals surface area contributed by atoms with Gasteiger partial charge < -0.3 is 14.4 Å². The minimum absolute atomic E-state index is 0.0920. The van der Waals surface area contributed by atoms with Crippen LogP contribution in [-0.4, -0.2) is 59.9 Å². The third-order valence-corrected chi connectivity index (χ3v) is 6.32. The highest BCUT2D eigenvalue weighted by Gasteiger charge is 2.40. The lowest BCUT2D eigenvalue weighted by Crippen LogP contribution is -2.52. The molecule has 3 heterocycles. The molecule has 3 aliphatic heterocycles. The number of imide groups is 1. The van der Waals surface area contributed by atoms with Crippen LogP contribution in [0.1, 0.15) is 42.6 Å². The number of nitrogens with one attached hydrogen (secondary N) is 1. The summed E-state index contributed by atoms with van der Waals surface area (Å²) in [5.74, 6) is -1.05. The maximum absolute atomic E-state index is 13.1. The monoisotopic (exact) mass is 451 g/mol. The summed E-state index contributed by atoms with van der Waals surface area (Å²) in [6.45, 7) is 4.48. The Bertz CT molecular complexity index is 1160. The number of piperidine rings is 1. The molecule has 2 saturated heterocycles. The Balaban J connectivity index is 1.30. The minimum atomic E-state index is -0.761. The molecule has 3 aliphatic rings. The normalized spacial score (nSPS) is 22.0. The predicted octanol–water partition coefficient (Wildman–Crippen LogP) is 1.86. The van der Waals surface area contributed by atoms with E-state index in [2.05, 4.69) is 22.3 Å². The smallest absolute Gasteiger partial charge is 0.255 e. The van der Waals surface area contributed by atoms with Crippen LogP contribution in [0.15, 0.2) is 42.4 Å². The summed E-state index contributed by atoms with van der Waals surface area (Å²) >= 11 is 0. The van der Waals surface area contributed by atoms with Gasteiger partial charge in [-0.3, -0.25) is 24.6 Å². The quantitative estimate of drug-likeness (QED) is 0.675. The molecule has 172 valence electrons. The van der Waals surface area contributed by atoms with E-state index in [1.807, 2.05) is 12.1 Å². The van der Waals surface area contributed by atoms with Crippen molar-refractivity contribution in [2.45, 2.75) is 38.6 Å². The summed E-state index contributed by atoms with van der Waals surface area (Å²) in [5.41, 5.74) is 2.87. The van der Waals surface area contributed by atoms with Gasteiger partial charge in [-0.1, -0.05) is 30.3 Å². The van der Waals surface area contributed by atoms with Crippen LogP contribution in [-0.2, 0) is 34.0 Å². The number of nitrogens with zero attached hydrogens (tertiary/aromatic N) is 2. The van der Waals surface area contributed by atoms with Crippen molar-refractivity contribution in [3.63, 3.8) is 0 Å². The summed E-state index contributed by atoms with van der Waals surface area (Å²) in [5, 5.41) is 2.28. The van der Waals surface area contributed by atoms with E-state index in [1.165, 1.54) is 16.5 Å². The Morgan fingerprint density at radius 3 is 2.61 bits per heavy atom. The fraction of sp³-hybridized carbons (Fsp3) is 0.400. The fourth-order valence-electron chi connectivity index (χ4n) is 4.47. The van der Waals surface area contributed by atoms with Gasteiger partial charge in [-0.2, -0.15) is 0 Å². The van der Waals surface area contributed by atoms with Gasteiger partial charge in [0.15, 0.2) is 0 Å². The first kappa shape index (κ1) is 19.3. The van der Waals surface area contributed by atoms with Gasteiger partial charge in [0, 0.05) is 37.2 Å². The number of ether oxygens (including phenoxy) is 2. The van der Waals surface area contributed by atoms with Gasteiger partial charge in [-0.25, -0.2) is 0 Å². The summed E-state index contributed by atoms with van der Waals surface area (Å²) in [6, 6.07) is 8.45. The molecule has 2 aromatic carbocycles. The van der Waals surface area contributed by atoms with Crippen molar-refractivity contribution >= 4 is 17.7 Å². The highest BCUT2D eigenvalue weighted by Crippen LogP contribution is 2.34. The van der Waals surface area contributed by atoms with Gasteiger partial charge >= 0.3 is 0 Å². The Morgan fingerprint density at radius 1 is 1.09 bits per heavy atom. The lowest BCUT2D eigenvalue weighted by molar-refractivity contribution is -0.136. The highest BCUT2D eigenvalue weighted by atomic mass is 16.5. The van der Waals surface area contributed by atoms with Crippen molar-refractivity contribution in [1.29, 1.82) is 0 Å². The Kier molecular flexibility index (Phi) is 5.44. The van der Waals surface area contributed by atoms with Crippen LogP contribution >= 0.6 is 0 Å². The number of carbonyl (C=O) groups is 3. The van der Waals surface area contributed by atoms with Gasteiger partial charge in [0.25, 0.3) is 5.91 Å². The second-order valence-electron chi connectivity index (χ2n) is 8.53. The number of fused-ring (bicyclic) bond motifs is 1. The van der Waals surface area contributed by atoms with Gasteiger partial charge in [0.1, 0.15) is 18.4 Å². The number of benzene rings is 2. The van der Waals surface area contributed by atoms with Crippen molar-refractivity contribution < 1.29 is 26.6 Å². The molecule has 0 spiro atoms. The van der Waals surface area contributed by atoms with Crippen LogP contribution in [0.5, 0.6) is 5.75 Å². The number of hydrogen-bond donors (Lipinski definition) is 1. The largest absolute Gasteiger partial charge is 0.489 e. The third-order valence-electron chi connectivity index (χ3n) is 6.32. The van der Waals surface area contributed by atoms with E-state index in [4.69, 9.17) is 12.2 Å². The predicted molar refractivity (Wildman–Crippen MR) is 119 cm³/mol. The van der Waals surface area contributed by atoms with E-state index in [0.717, 1.165) is 38.4 Å². The molecule has 0 aliphatic carbocycles. The van der Waals surface area contributed by atoms with Crippen molar-refractivity contribution in [3.8, 4) is 5.75 Å². The van der Waals surface area contributed by atoms with Crippen LogP contribution < -0.4 is 10.1 Å². The molecule has 5 rings (SSSR count). The molecule has 0 aromatic heterocycles. The standard InChI is InChI=1S/C25H27N3O5/c29-23-9-8-21(24(30)26-23)28-15-20-19(25(28)31)2-1-3-22(20)33-16-18-6-4-17(5-7-18)14-27-10-12-32-13-11-27/h1-7,21H,8-16H2,(H,26,29,30)/i1D,3D. The molecule has 1 atom stereocenters. The lowest BCUT2D eigenvalue weighted by atomic mass is 10.0. The average Bonchev–Trinajstić information content (AvgIpc) is 3.16. The second-order valence-corrected chi connectivity index (χ2v) is 8.53. The van der Waals surface area contributed by atoms with Crippen molar-refractivity contribution in [1.82, 2.24) is 15.1 Å². The van der Waals surface area contributed by atoms with Gasteiger partial charge in [0.2, 0.25) is 11.8 Å². The zero-order valence-corrected chi connectivity index (χ0v) is 18.3. The first-order chi connectivity index (χ1) is 16.9. The third kappa shape index (κ3) is 4.62. The van der Waals surface area contributed by atoms with Crippen LogP contribution in [0, 0.1) is 0 Å².